The number of carbonyl (C=O) groups is 1. The molecule has 0 radical (unpaired) electrons. The summed E-state index contributed by atoms with van der Waals surface area (Å²) in [6.07, 6.45) is 4.49. The van der Waals surface area contributed by atoms with Gasteiger partial charge in [-0.25, -0.2) is 15.0 Å². The molecular formula is C21H21N7O. The van der Waals surface area contributed by atoms with Crippen LogP contribution in [0.2, 0.25) is 0 Å². The number of H-pyrrole nitrogens is 1. The van der Waals surface area contributed by atoms with Gasteiger partial charge in [-0.1, -0.05) is 18.2 Å². The molecule has 4 aromatic rings. The fraction of sp³-hybridized carbons (Fsp3) is 0.286. The molecule has 0 bridgehead atoms. The molecule has 1 fully saturated rings. The van der Waals surface area contributed by atoms with Gasteiger partial charge < -0.3 is 9.47 Å². The second-order valence-electron chi connectivity index (χ2n) is 7.47. The van der Waals surface area contributed by atoms with E-state index < -0.39 is 0 Å². The summed E-state index contributed by atoms with van der Waals surface area (Å²) in [4.78, 5) is 28.7. The third-order valence-electron chi connectivity index (χ3n) is 5.44. The van der Waals surface area contributed by atoms with Crippen molar-refractivity contribution in [2.45, 2.75) is 19.3 Å². The smallest absolute Gasteiger partial charge is 0.275 e. The zero-order valence-corrected chi connectivity index (χ0v) is 16.3. The molecule has 0 saturated carbocycles. The summed E-state index contributed by atoms with van der Waals surface area (Å²) in [5.74, 6) is 1.63. The number of rotatable bonds is 3. The van der Waals surface area contributed by atoms with E-state index in [1.165, 1.54) is 0 Å². The summed E-state index contributed by atoms with van der Waals surface area (Å²) in [7, 11) is 1.95. The number of nitrogens with one attached hydrogen (secondary N) is 1. The molecule has 5 rings (SSSR count). The molecule has 0 aliphatic carbocycles. The van der Waals surface area contributed by atoms with Crippen LogP contribution in [-0.2, 0) is 7.05 Å². The highest BCUT2D eigenvalue weighted by Gasteiger charge is 2.31. The molecule has 8 nitrogen and oxygen atoms in total. The van der Waals surface area contributed by atoms with E-state index in [0.717, 1.165) is 40.4 Å². The van der Waals surface area contributed by atoms with E-state index in [9.17, 15) is 4.79 Å². The van der Waals surface area contributed by atoms with Gasteiger partial charge in [0.1, 0.15) is 11.5 Å². The van der Waals surface area contributed by atoms with E-state index in [1.807, 2.05) is 60.0 Å². The highest BCUT2D eigenvalue weighted by atomic mass is 16.2. The van der Waals surface area contributed by atoms with Gasteiger partial charge >= 0.3 is 0 Å². The summed E-state index contributed by atoms with van der Waals surface area (Å²) in [5.41, 5.74) is 3.05. The molecular weight excluding hydrogens is 366 g/mol. The normalized spacial score (nSPS) is 16.6. The lowest BCUT2D eigenvalue weighted by atomic mass is 10.1. The van der Waals surface area contributed by atoms with E-state index in [1.54, 1.807) is 6.20 Å². The van der Waals surface area contributed by atoms with Crippen molar-refractivity contribution >= 4 is 16.8 Å². The van der Waals surface area contributed by atoms with Crippen molar-refractivity contribution in [3.8, 4) is 11.5 Å². The number of aryl methyl sites for hydroxylation is 2. The first-order valence-electron chi connectivity index (χ1n) is 9.66. The Kier molecular flexibility index (Phi) is 4.12. The van der Waals surface area contributed by atoms with Crippen LogP contribution < -0.4 is 0 Å². The van der Waals surface area contributed by atoms with Gasteiger partial charge in [-0.05, 0) is 25.5 Å². The van der Waals surface area contributed by atoms with Crippen molar-refractivity contribution in [2.75, 3.05) is 13.1 Å². The van der Waals surface area contributed by atoms with Crippen LogP contribution in [0.1, 0.15) is 34.3 Å². The van der Waals surface area contributed by atoms with E-state index >= 15 is 0 Å². The van der Waals surface area contributed by atoms with Crippen LogP contribution in [-0.4, -0.2) is 53.6 Å². The molecule has 1 amide bonds. The lowest BCUT2D eigenvalue weighted by molar-refractivity contribution is 0.0786. The van der Waals surface area contributed by atoms with Crippen LogP contribution in [0.25, 0.3) is 22.4 Å². The van der Waals surface area contributed by atoms with Crippen LogP contribution in [0.15, 0.2) is 42.7 Å². The highest BCUT2D eigenvalue weighted by molar-refractivity contribution is 6.04. The summed E-state index contributed by atoms with van der Waals surface area (Å²) in [5, 5.41) is 8.04. The first-order chi connectivity index (χ1) is 14.1. The number of fused-ring (bicyclic) bond motifs is 1. The second-order valence-corrected chi connectivity index (χ2v) is 7.47. The summed E-state index contributed by atoms with van der Waals surface area (Å²) in [6.45, 7) is 3.22. The van der Waals surface area contributed by atoms with E-state index in [4.69, 9.17) is 4.98 Å². The predicted octanol–water partition coefficient (Wildman–Crippen LogP) is 2.69. The minimum atomic E-state index is -0.0538. The summed E-state index contributed by atoms with van der Waals surface area (Å²) < 4.78 is 1.94. The molecule has 0 unspecified atom stereocenters. The molecule has 1 saturated heterocycles. The van der Waals surface area contributed by atoms with Gasteiger partial charge in [0.2, 0.25) is 0 Å². The number of hydrogen-bond donors (Lipinski definition) is 1. The Hall–Kier alpha value is -3.55. The minimum absolute atomic E-state index is 0.0538. The van der Waals surface area contributed by atoms with Gasteiger partial charge in [-0.2, -0.15) is 5.10 Å². The summed E-state index contributed by atoms with van der Waals surface area (Å²) in [6, 6.07) is 9.63. The second kappa shape index (κ2) is 6.80. The van der Waals surface area contributed by atoms with Crippen LogP contribution in [0, 0.1) is 6.92 Å². The standard InChI is InChI=1S/C21H21N7O/c1-13-11-17(20-22-8-10-27(20)2)24-19(23-13)14-7-9-28(12-14)21(29)18-15-5-3-4-6-16(15)25-26-18/h3-6,8,10-11,14H,7,9,12H2,1-2H3,(H,25,26)/t14-/m0/s1. The average Bonchev–Trinajstić information content (AvgIpc) is 3.46. The Morgan fingerprint density at radius 3 is 2.93 bits per heavy atom. The number of nitrogens with zero attached hydrogens (tertiary/aromatic N) is 6. The molecule has 1 aliphatic heterocycles. The largest absolute Gasteiger partial charge is 0.336 e. The number of amides is 1. The lowest BCUT2D eigenvalue weighted by Crippen LogP contribution is -2.29. The Labute approximate surface area is 167 Å². The van der Waals surface area contributed by atoms with Crippen molar-refractivity contribution in [1.82, 2.24) is 34.6 Å². The number of carbonyl (C=O) groups excluding carboxylic acids is 1. The van der Waals surface area contributed by atoms with Gasteiger partial charge in [0.15, 0.2) is 11.5 Å². The van der Waals surface area contributed by atoms with Gasteiger partial charge in [0.25, 0.3) is 5.91 Å². The Morgan fingerprint density at radius 2 is 2.10 bits per heavy atom. The summed E-state index contributed by atoms with van der Waals surface area (Å²) >= 11 is 0. The van der Waals surface area contributed by atoms with Gasteiger partial charge in [-0.3, -0.25) is 9.89 Å². The monoisotopic (exact) mass is 387 g/mol. The van der Waals surface area contributed by atoms with Crippen LogP contribution in [0.5, 0.6) is 0 Å². The van der Waals surface area contributed by atoms with Crippen molar-refractivity contribution in [3.63, 3.8) is 0 Å². The first kappa shape index (κ1) is 17.5. The fourth-order valence-electron chi connectivity index (χ4n) is 3.93. The molecule has 8 heteroatoms. The van der Waals surface area contributed by atoms with Gasteiger partial charge in [-0.15, -0.1) is 0 Å². The number of likely N-dealkylation sites (tertiary alicyclic amines) is 1. The molecule has 1 N–H and O–H groups in total. The Balaban J connectivity index is 1.40. The van der Waals surface area contributed by atoms with Crippen molar-refractivity contribution in [3.05, 3.63) is 59.9 Å². The van der Waals surface area contributed by atoms with E-state index in [-0.39, 0.29) is 11.8 Å². The topological polar surface area (TPSA) is 92.6 Å². The molecule has 1 atom stereocenters. The number of hydrogen-bond acceptors (Lipinski definition) is 5. The quantitative estimate of drug-likeness (QED) is 0.583. The number of aromatic amines is 1. The number of para-hydroxylation sites is 1. The molecule has 1 aliphatic rings. The van der Waals surface area contributed by atoms with Crippen LogP contribution in [0.4, 0.5) is 0 Å². The molecule has 3 aromatic heterocycles. The van der Waals surface area contributed by atoms with Crippen molar-refractivity contribution in [1.29, 1.82) is 0 Å². The Bertz CT molecular complexity index is 1210. The maximum atomic E-state index is 13.1. The maximum absolute atomic E-state index is 13.1. The molecule has 146 valence electrons. The molecule has 0 spiro atoms. The number of aromatic nitrogens is 6. The van der Waals surface area contributed by atoms with Crippen molar-refractivity contribution in [2.24, 2.45) is 7.05 Å². The van der Waals surface area contributed by atoms with Gasteiger partial charge in [0, 0.05) is 49.5 Å². The van der Waals surface area contributed by atoms with E-state index in [2.05, 4.69) is 20.2 Å². The van der Waals surface area contributed by atoms with Crippen molar-refractivity contribution < 1.29 is 4.79 Å². The predicted molar refractivity (Wildman–Crippen MR) is 108 cm³/mol. The third kappa shape index (κ3) is 3.06. The van der Waals surface area contributed by atoms with Crippen LogP contribution >= 0.6 is 0 Å². The lowest BCUT2D eigenvalue weighted by Gasteiger charge is -2.15. The number of imidazole rings is 1. The van der Waals surface area contributed by atoms with Crippen LogP contribution in [0.3, 0.4) is 0 Å². The average molecular weight is 387 g/mol. The zero-order valence-electron chi connectivity index (χ0n) is 16.3. The molecule has 29 heavy (non-hydrogen) atoms. The molecule has 1 aromatic carbocycles. The minimum Gasteiger partial charge on any atom is -0.336 e. The first-order valence-corrected chi connectivity index (χ1v) is 9.66. The fourth-order valence-corrected chi connectivity index (χ4v) is 3.93. The zero-order chi connectivity index (χ0) is 20.0. The SMILES string of the molecule is Cc1cc(-c2nccn2C)nc([C@H]2CCN(C(=O)c3n[nH]c4ccccc34)C2)n1. The third-order valence-corrected chi connectivity index (χ3v) is 5.44. The van der Waals surface area contributed by atoms with E-state index in [0.29, 0.717) is 18.8 Å². The number of benzene rings is 1. The van der Waals surface area contributed by atoms with Gasteiger partial charge in [0.05, 0.1) is 5.52 Å². The highest BCUT2D eigenvalue weighted by Crippen LogP contribution is 2.28. The maximum Gasteiger partial charge on any atom is 0.275 e. The Morgan fingerprint density at radius 1 is 1.24 bits per heavy atom. The molecule has 4 heterocycles.